The van der Waals surface area contributed by atoms with Crippen molar-refractivity contribution < 1.29 is 16.8 Å². The molecule has 2 rings (SSSR count). The Balaban J connectivity index is 2.04. The Hall–Kier alpha value is -0.960. The van der Waals surface area contributed by atoms with Crippen molar-refractivity contribution in [2.75, 3.05) is 44.7 Å². The molecular weight excluding hydrogens is 336 g/mol. The Labute approximate surface area is 139 Å². The summed E-state index contributed by atoms with van der Waals surface area (Å²) in [7, 11) is -6.48. The molecular formula is C15H24N2O4S2. The first kappa shape index (κ1) is 18.4. The van der Waals surface area contributed by atoms with Crippen molar-refractivity contribution in [2.45, 2.75) is 18.7 Å². The molecule has 0 saturated carbocycles. The molecule has 0 atom stereocenters. The van der Waals surface area contributed by atoms with E-state index in [1.54, 1.807) is 6.07 Å². The highest BCUT2D eigenvalue weighted by Crippen LogP contribution is 2.22. The van der Waals surface area contributed by atoms with Gasteiger partial charge < -0.3 is 0 Å². The molecule has 1 fully saturated rings. The predicted molar refractivity (Wildman–Crippen MR) is 90.8 cm³/mol. The Kier molecular flexibility index (Phi) is 5.50. The van der Waals surface area contributed by atoms with Gasteiger partial charge in [-0.1, -0.05) is 17.7 Å². The molecule has 0 radical (unpaired) electrons. The normalized spacial score (nSPS) is 18.2. The minimum Gasteiger partial charge on any atom is -0.300 e. The summed E-state index contributed by atoms with van der Waals surface area (Å²) in [5.41, 5.74) is 1.79. The van der Waals surface area contributed by atoms with Crippen LogP contribution in [0.3, 0.4) is 0 Å². The van der Waals surface area contributed by atoms with Crippen LogP contribution in [0.4, 0.5) is 0 Å². The largest absolute Gasteiger partial charge is 0.300 e. The first-order valence-corrected chi connectivity index (χ1v) is 11.1. The van der Waals surface area contributed by atoms with Crippen LogP contribution in [0, 0.1) is 13.8 Å². The first-order chi connectivity index (χ1) is 10.6. The maximum atomic E-state index is 12.8. The highest BCUT2D eigenvalue weighted by molar-refractivity contribution is 7.90. The lowest BCUT2D eigenvalue weighted by Gasteiger charge is -2.34. The summed E-state index contributed by atoms with van der Waals surface area (Å²) in [6.07, 6.45) is 1.22. The molecule has 6 nitrogen and oxygen atoms in total. The molecule has 8 heteroatoms. The van der Waals surface area contributed by atoms with E-state index in [-0.39, 0.29) is 5.75 Å². The van der Waals surface area contributed by atoms with E-state index < -0.39 is 19.9 Å². The number of hydrogen-bond donors (Lipinski definition) is 0. The van der Waals surface area contributed by atoms with Gasteiger partial charge in [0.05, 0.1) is 10.6 Å². The molecule has 0 spiro atoms. The summed E-state index contributed by atoms with van der Waals surface area (Å²) >= 11 is 0. The third kappa shape index (κ3) is 4.76. The predicted octanol–water partition coefficient (Wildman–Crippen LogP) is 0.654. The fraction of sp³-hybridized carbons (Fsp3) is 0.600. The highest BCUT2D eigenvalue weighted by Gasteiger charge is 2.29. The Bertz CT molecular complexity index is 765. The van der Waals surface area contributed by atoms with Crippen molar-refractivity contribution >= 4 is 19.9 Å². The lowest BCUT2D eigenvalue weighted by molar-refractivity contribution is 0.197. The van der Waals surface area contributed by atoms with Gasteiger partial charge in [-0.3, -0.25) is 4.90 Å². The number of piperazine rings is 1. The summed E-state index contributed by atoms with van der Waals surface area (Å²) in [4.78, 5) is 2.35. The first-order valence-electron chi connectivity index (χ1n) is 7.57. The second kappa shape index (κ2) is 6.88. The summed E-state index contributed by atoms with van der Waals surface area (Å²) in [5.74, 6) is 0.108. The van der Waals surface area contributed by atoms with Gasteiger partial charge in [-0.25, -0.2) is 16.8 Å². The molecule has 0 bridgehead atoms. The standard InChI is InChI=1S/C15H24N2O4S2/c1-13-4-5-15(14(2)12-13)23(20,21)17-8-6-16(7-9-17)10-11-22(3,18)19/h4-5,12H,6-11H2,1-3H3. The van der Waals surface area contributed by atoms with Gasteiger partial charge in [0.25, 0.3) is 0 Å². The van der Waals surface area contributed by atoms with Crippen LogP contribution in [0.25, 0.3) is 0 Å². The molecule has 0 N–H and O–H groups in total. The molecule has 0 aliphatic carbocycles. The van der Waals surface area contributed by atoms with E-state index in [0.29, 0.717) is 37.6 Å². The number of sulfone groups is 1. The molecule has 1 aliphatic rings. The zero-order chi connectivity index (χ0) is 17.3. The molecule has 1 aromatic carbocycles. The van der Waals surface area contributed by atoms with Crippen molar-refractivity contribution in [3.63, 3.8) is 0 Å². The van der Waals surface area contributed by atoms with Crippen molar-refractivity contribution in [1.29, 1.82) is 0 Å². The SMILES string of the molecule is Cc1ccc(S(=O)(=O)N2CCN(CCS(C)(=O)=O)CC2)c(C)c1. The molecule has 0 unspecified atom stereocenters. The molecule has 130 valence electrons. The Morgan fingerprint density at radius 1 is 1.00 bits per heavy atom. The summed E-state index contributed by atoms with van der Waals surface area (Å²) < 4.78 is 49.4. The maximum absolute atomic E-state index is 12.8. The van der Waals surface area contributed by atoms with Crippen LogP contribution >= 0.6 is 0 Å². The molecule has 1 aliphatic heterocycles. The fourth-order valence-electron chi connectivity index (χ4n) is 2.72. The minimum atomic E-state index is -3.49. The van der Waals surface area contributed by atoms with Crippen LogP contribution in [0.1, 0.15) is 11.1 Å². The fourth-order valence-corrected chi connectivity index (χ4v) is 4.93. The molecule has 23 heavy (non-hydrogen) atoms. The molecule has 1 saturated heterocycles. The Morgan fingerprint density at radius 3 is 2.13 bits per heavy atom. The molecule has 0 aromatic heterocycles. The maximum Gasteiger partial charge on any atom is 0.243 e. The van der Waals surface area contributed by atoms with Gasteiger partial charge in [0.1, 0.15) is 9.84 Å². The van der Waals surface area contributed by atoms with Gasteiger partial charge in [0.2, 0.25) is 10.0 Å². The number of nitrogens with zero attached hydrogens (tertiary/aromatic N) is 2. The summed E-state index contributed by atoms with van der Waals surface area (Å²) in [6, 6.07) is 5.34. The van der Waals surface area contributed by atoms with Gasteiger partial charge in [0.15, 0.2) is 0 Å². The zero-order valence-corrected chi connectivity index (χ0v) is 15.5. The monoisotopic (exact) mass is 360 g/mol. The average molecular weight is 361 g/mol. The molecule has 0 amide bonds. The van der Waals surface area contributed by atoms with Crippen LogP contribution in [0.2, 0.25) is 0 Å². The van der Waals surface area contributed by atoms with E-state index >= 15 is 0 Å². The van der Waals surface area contributed by atoms with Gasteiger partial charge in [-0.05, 0) is 25.5 Å². The van der Waals surface area contributed by atoms with Crippen LogP contribution in [-0.2, 0) is 19.9 Å². The topological polar surface area (TPSA) is 74.8 Å². The average Bonchev–Trinajstić information content (AvgIpc) is 2.44. The summed E-state index contributed by atoms with van der Waals surface area (Å²) in [6.45, 7) is 6.08. The third-order valence-corrected chi connectivity index (χ3v) is 7.04. The quantitative estimate of drug-likeness (QED) is 0.771. The van der Waals surface area contributed by atoms with Crippen molar-refractivity contribution in [3.05, 3.63) is 29.3 Å². The van der Waals surface area contributed by atoms with E-state index in [2.05, 4.69) is 0 Å². The van der Waals surface area contributed by atoms with Crippen LogP contribution in [-0.4, -0.2) is 70.8 Å². The van der Waals surface area contributed by atoms with Crippen LogP contribution in [0.5, 0.6) is 0 Å². The van der Waals surface area contributed by atoms with E-state index in [4.69, 9.17) is 0 Å². The Morgan fingerprint density at radius 2 is 1.61 bits per heavy atom. The minimum absolute atomic E-state index is 0.108. The van der Waals surface area contributed by atoms with E-state index in [1.165, 1.54) is 10.6 Å². The van der Waals surface area contributed by atoms with Crippen molar-refractivity contribution in [2.24, 2.45) is 0 Å². The molecule has 1 aromatic rings. The van der Waals surface area contributed by atoms with Gasteiger partial charge in [-0.15, -0.1) is 0 Å². The number of benzene rings is 1. The van der Waals surface area contributed by atoms with Crippen molar-refractivity contribution in [1.82, 2.24) is 9.21 Å². The van der Waals surface area contributed by atoms with Gasteiger partial charge in [0, 0.05) is 39.0 Å². The van der Waals surface area contributed by atoms with Crippen LogP contribution < -0.4 is 0 Å². The number of sulfonamides is 1. The second-order valence-corrected chi connectivity index (χ2v) is 10.3. The van der Waals surface area contributed by atoms with Crippen molar-refractivity contribution in [3.8, 4) is 0 Å². The number of rotatable bonds is 5. The zero-order valence-electron chi connectivity index (χ0n) is 13.8. The van der Waals surface area contributed by atoms with Crippen LogP contribution in [0.15, 0.2) is 23.1 Å². The van der Waals surface area contributed by atoms with E-state index in [1.807, 2.05) is 30.9 Å². The van der Waals surface area contributed by atoms with Gasteiger partial charge >= 0.3 is 0 Å². The second-order valence-electron chi connectivity index (χ2n) is 6.14. The summed E-state index contributed by atoms with van der Waals surface area (Å²) in [5, 5.41) is 0. The van der Waals surface area contributed by atoms with E-state index in [0.717, 1.165) is 11.1 Å². The third-order valence-electron chi connectivity index (χ3n) is 4.06. The highest BCUT2D eigenvalue weighted by atomic mass is 32.2. The molecule has 1 heterocycles. The lowest BCUT2D eigenvalue weighted by atomic mass is 10.2. The van der Waals surface area contributed by atoms with Gasteiger partial charge in [-0.2, -0.15) is 4.31 Å². The smallest absolute Gasteiger partial charge is 0.243 e. The lowest BCUT2D eigenvalue weighted by Crippen LogP contribution is -2.49. The van der Waals surface area contributed by atoms with E-state index in [9.17, 15) is 16.8 Å². The number of aryl methyl sites for hydroxylation is 2. The number of hydrogen-bond acceptors (Lipinski definition) is 5.